The number of nitrogens with zero attached hydrogens (tertiary/aromatic N) is 1. The Kier molecular flexibility index (Phi) is 8.45. The predicted octanol–water partition coefficient (Wildman–Crippen LogP) is 6.07. The minimum absolute atomic E-state index is 0.128. The van der Waals surface area contributed by atoms with Gasteiger partial charge in [-0.2, -0.15) is 0 Å². The molecule has 3 aromatic rings. The molecule has 0 atom stereocenters. The largest absolute Gasteiger partial charge is 0.494 e. The number of carbonyl (C=O) groups excluding carboxylic acids is 2. The lowest BCUT2D eigenvalue weighted by Crippen LogP contribution is -2.20. The average molecular weight is 566 g/mol. The molecule has 0 aromatic heterocycles. The van der Waals surface area contributed by atoms with Crippen molar-refractivity contribution in [2.24, 2.45) is 4.99 Å². The summed E-state index contributed by atoms with van der Waals surface area (Å²) >= 11 is 4.75. The molecule has 0 saturated carbocycles. The monoisotopic (exact) mass is 565 g/mol. The van der Waals surface area contributed by atoms with Crippen molar-refractivity contribution in [2.45, 2.75) is 13.8 Å². The van der Waals surface area contributed by atoms with E-state index in [0.29, 0.717) is 32.6 Å². The van der Waals surface area contributed by atoms with Crippen LogP contribution >= 0.6 is 27.7 Å². The Labute approximate surface area is 222 Å². The standard InChI is InChI=1S/C27H24BrN3O4S/c1-3-34-21-11-9-20(10-12-21)30-27-31-26(33)24(36-27)15-18-6-13-23(22(28)14-18)35-16-25(32)29-19-7-4-17(2)5-8-19/h4-15H,3,16H2,1-2H3,(H,29,32)(H,30,31,33)/b24-15+. The van der Waals surface area contributed by atoms with Crippen LogP contribution in [0.4, 0.5) is 11.4 Å². The molecule has 4 rings (SSSR count). The van der Waals surface area contributed by atoms with Crippen LogP contribution in [0, 0.1) is 6.92 Å². The third-order valence-electron chi connectivity index (χ3n) is 4.98. The van der Waals surface area contributed by atoms with E-state index < -0.39 is 0 Å². The molecule has 0 bridgehead atoms. The fraction of sp³-hybridized carbons (Fsp3) is 0.148. The topological polar surface area (TPSA) is 89.0 Å². The molecule has 184 valence electrons. The van der Waals surface area contributed by atoms with Crippen LogP contribution in [0.15, 0.2) is 81.1 Å². The molecule has 0 unspecified atom stereocenters. The lowest BCUT2D eigenvalue weighted by atomic mass is 10.2. The Morgan fingerprint density at radius 2 is 1.83 bits per heavy atom. The third-order valence-corrected chi connectivity index (χ3v) is 6.51. The first-order chi connectivity index (χ1) is 17.4. The summed E-state index contributed by atoms with van der Waals surface area (Å²) in [6, 6.07) is 20.3. The molecule has 0 aliphatic carbocycles. The van der Waals surface area contributed by atoms with Gasteiger partial charge in [-0.1, -0.05) is 23.8 Å². The number of benzene rings is 3. The molecule has 0 spiro atoms. The van der Waals surface area contributed by atoms with Crippen molar-refractivity contribution in [3.05, 3.63) is 87.2 Å². The first-order valence-electron chi connectivity index (χ1n) is 11.2. The van der Waals surface area contributed by atoms with E-state index in [1.165, 1.54) is 11.8 Å². The number of halogens is 1. The Morgan fingerprint density at radius 1 is 1.08 bits per heavy atom. The molecule has 2 N–H and O–H groups in total. The van der Waals surface area contributed by atoms with E-state index in [9.17, 15) is 9.59 Å². The summed E-state index contributed by atoms with van der Waals surface area (Å²) in [6.45, 7) is 4.38. The van der Waals surface area contributed by atoms with Crippen LogP contribution in [0.1, 0.15) is 18.1 Å². The summed E-state index contributed by atoms with van der Waals surface area (Å²) < 4.78 is 11.8. The van der Waals surface area contributed by atoms with Crippen molar-refractivity contribution in [3.63, 3.8) is 0 Å². The number of hydrogen-bond acceptors (Lipinski definition) is 6. The van der Waals surface area contributed by atoms with E-state index >= 15 is 0 Å². The molecular weight excluding hydrogens is 542 g/mol. The van der Waals surface area contributed by atoms with E-state index in [2.05, 4.69) is 31.6 Å². The van der Waals surface area contributed by atoms with Crippen molar-refractivity contribution in [1.29, 1.82) is 0 Å². The fourth-order valence-corrected chi connectivity index (χ4v) is 4.59. The molecule has 7 nitrogen and oxygen atoms in total. The van der Waals surface area contributed by atoms with Gasteiger partial charge in [-0.05, 0) is 102 Å². The predicted molar refractivity (Wildman–Crippen MR) is 148 cm³/mol. The molecule has 1 fully saturated rings. The number of anilines is 1. The number of amidine groups is 1. The van der Waals surface area contributed by atoms with E-state index in [1.54, 1.807) is 12.1 Å². The molecule has 1 saturated heterocycles. The van der Waals surface area contributed by atoms with Crippen LogP contribution in [0.2, 0.25) is 0 Å². The lowest BCUT2D eigenvalue weighted by molar-refractivity contribution is -0.118. The average Bonchev–Trinajstić information content (AvgIpc) is 3.19. The number of carbonyl (C=O) groups is 2. The van der Waals surface area contributed by atoms with Gasteiger partial charge in [0.05, 0.1) is 21.7 Å². The highest BCUT2D eigenvalue weighted by molar-refractivity contribution is 9.10. The number of amides is 2. The van der Waals surface area contributed by atoms with Crippen LogP contribution in [0.3, 0.4) is 0 Å². The zero-order valence-electron chi connectivity index (χ0n) is 19.7. The van der Waals surface area contributed by atoms with Crippen molar-refractivity contribution < 1.29 is 19.1 Å². The number of aliphatic imine (C=N–C) groups is 1. The number of hydrogen-bond donors (Lipinski definition) is 2. The molecule has 9 heteroatoms. The Hall–Kier alpha value is -3.56. The smallest absolute Gasteiger partial charge is 0.264 e. The Morgan fingerprint density at radius 3 is 2.53 bits per heavy atom. The highest BCUT2D eigenvalue weighted by Crippen LogP contribution is 2.31. The van der Waals surface area contributed by atoms with Gasteiger partial charge in [-0.15, -0.1) is 0 Å². The summed E-state index contributed by atoms with van der Waals surface area (Å²) in [5.41, 5.74) is 3.36. The van der Waals surface area contributed by atoms with E-state index in [4.69, 9.17) is 9.47 Å². The van der Waals surface area contributed by atoms with Gasteiger partial charge in [0, 0.05) is 5.69 Å². The van der Waals surface area contributed by atoms with Gasteiger partial charge in [-0.25, -0.2) is 4.99 Å². The third kappa shape index (κ3) is 6.99. The normalized spacial score (nSPS) is 15.1. The second kappa shape index (κ2) is 11.9. The van der Waals surface area contributed by atoms with E-state index in [1.807, 2.05) is 74.5 Å². The Balaban J connectivity index is 1.36. The fourth-order valence-electron chi connectivity index (χ4n) is 3.23. The second-order valence-corrected chi connectivity index (χ2v) is 9.69. The lowest BCUT2D eigenvalue weighted by Gasteiger charge is -2.10. The molecule has 0 radical (unpaired) electrons. The minimum atomic E-state index is -0.254. The summed E-state index contributed by atoms with van der Waals surface area (Å²) in [4.78, 5) is 29.7. The number of aryl methyl sites for hydroxylation is 1. The van der Waals surface area contributed by atoms with Gasteiger partial charge in [-0.3, -0.25) is 9.59 Å². The van der Waals surface area contributed by atoms with E-state index in [-0.39, 0.29) is 18.4 Å². The zero-order valence-corrected chi connectivity index (χ0v) is 22.1. The minimum Gasteiger partial charge on any atom is -0.494 e. The summed E-state index contributed by atoms with van der Waals surface area (Å²) in [5, 5.41) is 6.10. The summed E-state index contributed by atoms with van der Waals surface area (Å²) in [6.07, 6.45) is 1.78. The number of thioether (sulfide) groups is 1. The molecular formula is C27H24BrN3O4S. The second-order valence-electron chi connectivity index (χ2n) is 7.80. The highest BCUT2D eigenvalue weighted by atomic mass is 79.9. The first kappa shape index (κ1) is 25.5. The summed E-state index contributed by atoms with van der Waals surface area (Å²) in [7, 11) is 0. The van der Waals surface area contributed by atoms with Crippen molar-refractivity contribution in [3.8, 4) is 11.5 Å². The molecule has 1 aliphatic heterocycles. The van der Waals surface area contributed by atoms with Gasteiger partial charge in [0.15, 0.2) is 11.8 Å². The number of ether oxygens (including phenoxy) is 2. The maximum absolute atomic E-state index is 12.4. The maximum Gasteiger partial charge on any atom is 0.264 e. The molecule has 1 aliphatic rings. The first-order valence-corrected chi connectivity index (χ1v) is 12.8. The van der Waals surface area contributed by atoms with Crippen LogP contribution in [0.25, 0.3) is 6.08 Å². The van der Waals surface area contributed by atoms with Crippen LogP contribution in [-0.4, -0.2) is 30.2 Å². The van der Waals surface area contributed by atoms with Gasteiger partial charge in [0.2, 0.25) is 0 Å². The molecule has 3 aromatic carbocycles. The van der Waals surface area contributed by atoms with Gasteiger partial charge in [0.1, 0.15) is 11.5 Å². The maximum atomic E-state index is 12.4. The van der Waals surface area contributed by atoms with Crippen molar-refractivity contribution >= 4 is 62.1 Å². The van der Waals surface area contributed by atoms with Crippen molar-refractivity contribution in [1.82, 2.24) is 5.32 Å². The number of rotatable bonds is 8. The SMILES string of the molecule is CCOc1ccc(N=C2NC(=O)/C(=C\c3ccc(OCC(=O)Nc4ccc(C)cc4)c(Br)c3)S2)cc1. The van der Waals surface area contributed by atoms with Crippen LogP contribution < -0.4 is 20.1 Å². The molecule has 1 heterocycles. The highest BCUT2D eigenvalue weighted by Gasteiger charge is 2.24. The van der Waals surface area contributed by atoms with E-state index in [0.717, 1.165) is 22.6 Å². The molecule has 36 heavy (non-hydrogen) atoms. The van der Waals surface area contributed by atoms with Crippen molar-refractivity contribution in [2.75, 3.05) is 18.5 Å². The van der Waals surface area contributed by atoms with Gasteiger partial charge >= 0.3 is 0 Å². The van der Waals surface area contributed by atoms with Crippen LogP contribution in [0.5, 0.6) is 11.5 Å². The summed E-state index contributed by atoms with van der Waals surface area (Å²) in [5.74, 6) is 0.830. The Bertz CT molecular complexity index is 1320. The quantitative estimate of drug-likeness (QED) is 0.324. The zero-order chi connectivity index (χ0) is 25.5. The number of nitrogens with one attached hydrogen (secondary N) is 2. The molecule has 2 amide bonds. The van der Waals surface area contributed by atoms with Crippen LogP contribution in [-0.2, 0) is 9.59 Å². The van der Waals surface area contributed by atoms with Gasteiger partial charge < -0.3 is 20.1 Å². The van der Waals surface area contributed by atoms with Gasteiger partial charge in [0.25, 0.3) is 11.8 Å².